The fraction of sp³-hybridized carbons (Fsp3) is 0.682. The summed E-state index contributed by atoms with van der Waals surface area (Å²) in [5, 5.41) is 0.743. The Labute approximate surface area is 162 Å². The van der Waals surface area contributed by atoms with Crippen molar-refractivity contribution in [3.05, 3.63) is 34.9 Å². The quantitative estimate of drug-likeness (QED) is 0.674. The number of nitrogens with zero attached hydrogens (tertiary/aromatic N) is 1. The van der Waals surface area contributed by atoms with E-state index in [1.165, 1.54) is 18.4 Å². The number of esters is 1. The Hall–Kier alpha value is -1.06. The van der Waals surface area contributed by atoms with E-state index >= 15 is 0 Å². The van der Waals surface area contributed by atoms with E-state index in [1.54, 1.807) is 0 Å². The summed E-state index contributed by atoms with van der Waals surface area (Å²) in [4.78, 5) is 15.2. The molecule has 4 heteroatoms. The molecule has 3 aliphatic rings. The molecule has 3 nitrogen and oxygen atoms in total. The van der Waals surface area contributed by atoms with E-state index in [0.717, 1.165) is 24.4 Å². The monoisotopic (exact) mass is 375 g/mol. The largest absolute Gasteiger partial charge is 0.461 e. The topological polar surface area (TPSA) is 29.5 Å². The van der Waals surface area contributed by atoms with Crippen molar-refractivity contribution in [2.24, 2.45) is 16.7 Å². The van der Waals surface area contributed by atoms with Crippen molar-refractivity contribution in [3.8, 4) is 0 Å². The van der Waals surface area contributed by atoms with Crippen LogP contribution in [0.1, 0.15) is 65.0 Å². The summed E-state index contributed by atoms with van der Waals surface area (Å²) in [6, 6.07) is 8.02. The van der Waals surface area contributed by atoms with Crippen molar-refractivity contribution >= 4 is 17.6 Å². The predicted molar refractivity (Wildman–Crippen MR) is 104 cm³/mol. The SMILES string of the molecule is CC(c1ccc(Cl)cc1)N1CCC1C(=O)OC1CC2CCC1(C)C2(C)C. The molecule has 2 aliphatic carbocycles. The van der Waals surface area contributed by atoms with Gasteiger partial charge in [-0.2, -0.15) is 0 Å². The Morgan fingerprint density at radius 1 is 1.23 bits per heavy atom. The Morgan fingerprint density at radius 2 is 1.92 bits per heavy atom. The number of hydrogen-bond acceptors (Lipinski definition) is 3. The van der Waals surface area contributed by atoms with Crippen LogP contribution in [-0.2, 0) is 9.53 Å². The van der Waals surface area contributed by atoms with E-state index < -0.39 is 0 Å². The number of likely N-dealkylation sites (tertiary alicyclic amines) is 1. The Morgan fingerprint density at radius 3 is 2.42 bits per heavy atom. The molecule has 142 valence electrons. The normalized spacial score (nSPS) is 36.6. The fourth-order valence-corrected chi connectivity index (χ4v) is 5.71. The van der Waals surface area contributed by atoms with Crippen LogP contribution in [0.5, 0.6) is 0 Å². The lowest BCUT2D eigenvalue weighted by Gasteiger charge is -2.45. The van der Waals surface area contributed by atoms with Gasteiger partial charge in [-0.05, 0) is 61.6 Å². The molecule has 5 unspecified atom stereocenters. The molecule has 2 saturated carbocycles. The molecule has 1 aromatic carbocycles. The van der Waals surface area contributed by atoms with Gasteiger partial charge in [0.2, 0.25) is 0 Å². The van der Waals surface area contributed by atoms with Gasteiger partial charge in [0, 0.05) is 23.0 Å². The third-order valence-corrected chi connectivity index (χ3v) is 8.41. The number of carbonyl (C=O) groups excluding carboxylic acids is 1. The van der Waals surface area contributed by atoms with Crippen LogP contribution in [0.15, 0.2) is 24.3 Å². The molecule has 0 radical (unpaired) electrons. The van der Waals surface area contributed by atoms with Crippen molar-refractivity contribution in [2.75, 3.05) is 6.54 Å². The molecule has 0 aromatic heterocycles. The molecule has 1 heterocycles. The first-order valence-corrected chi connectivity index (χ1v) is 10.3. The molecule has 5 atom stereocenters. The average molecular weight is 376 g/mol. The molecule has 2 bridgehead atoms. The lowest BCUT2D eigenvalue weighted by Crippen LogP contribution is -2.55. The minimum absolute atomic E-state index is 0.0216. The highest BCUT2D eigenvalue weighted by atomic mass is 35.5. The lowest BCUT2D eigenvalue weighted by atomic mass is 9.70. The maximum Gasteiger partial charge on any atom is 0.323 e. The zero-order valence-corrected chi connectivity index (χ0v) is 17.1. The summed E-state index contributed by atoms with van der Waals surface area (Å²) in [7, 11) is 0. The zero-order chi connectivity index (χ0) is 18.7. The smallest absolute Gasteiger partial charge is 0.323 e. The van der Waals surface area contributed by atoms with E-state index in [2.05, 4.69) is 32.6 Å². The van der Waals surface area contributed by atoms with Gasteiger partial charge >= 0.3 is 5.97 Å². The van der Waals surface area contributed by atoms with Crippen LogP contribution in [0.25, 0.3) is 0 Å². The van der Waals surface area contributed by atoms with E-state index in [-0.39, 0.29) is 35.0 Å². The Bertz CT molecular complexity index is 701. The number of benzene rings is 1. The first-order valence-electron chi connectivity index (χ1n) is 9.96. The fourth-order valence-electron chi connectivity index (χ4n) is 5.58. The zero-order valence-electron chi connectivity index (χ0n) is 16.3. The molecule has 3 fully saturated rings. The second-order valence-corrected chi connectivity index (χ2v) is 9.74. The maximum absolute atomic E-state index is 12.9. The van der Waals surface area contributed by atoms with Crippen LogP contribution < -0.4 is 0 Å². The van der Waals surface area contributed by atoms with Crippen molar-refractivity contribution in [3.63, 3.8) is 0 Å². The highest BCUT2D eigenvalue weighted by molar-refractivity contribution is 6.30. The molecule has 26 heavy (non-hydrogen) atoms. The number of hydrogen-bond donors (Lipinski definition) is 0. The summed E-state index contributed by atoms with van der Waals surface area (Å²) in [6.45, 7) is 10.1. The number of fused-ring (bicyclic) bond motifs is 2. The van der Waals surface area contributed by atoms with Gasteiger partial charge in [-0.3, -0.25) is 9.69 Å². The van der Waals surface area contributed by atoms with E-state index in [9.17, 15) is 4.79 Å². The highest BCUT2D eigenvalue weighted by Gasteiger charge is 2.63. The minimum atomic E-state index is -0.105. The van der Waals surface area contributed by atoms with Gasteiger partial charge in [-0.1, -0.05) is 44.5 Å². The third kappa shape index (κ3) is 2.62. The number of rotatable bonds is 4. The molecule has 0 N–H and O–H groups in total. The van der Waals surface area contributed by atoms with Crippen molar-refractivity contribution in [1.82, 2.24) is 4.90 Å². The molecule has 1 aromatic rings. The first-order chi connectivity index (χ1) is 12.2. The highest BCUT2D eigenvalue weighted by Crippen LogP contribution is 2.66. The van der Waals surface area contributed by atoms with Gasteiger partial charge in [0.05, 0.1) is 0 Å². The molecule has 0 spiro atoms. The van der Waals surface area contributed by atoms with Gasteiger partial charge in [0.25, 0.3) is 0 Å². The van der Waals surface area contributed by atoms with Crippen LogP contribution >= 0.6 is 11.6 Å². The molecule has 1 aliphatic heterocycles. The standard InChI is InChI=1S/C22H30ClNO2/c1-14(15-5-7-17(23)8-6-15)24-12-10-18(24)20(25)26-19-13-16-9-11-22(19,4)21(16,2)3/h5-8,14,16,18-19H,9-13H2,1-4H3. The second-order valence-electron chi connectivity index (χ2n) is 9.31. The Kier molecular flexibility index (Phi) is 4.39. The first kappa shape index (κ1) is 18.3. The second kappa shape index (κ2) is 6.24. The minimum Gasteiger partial charge on any atom is -0.461 e. The van der Waals surface area contributed by atoms with Crippen LogP contribution in [-0.4, -0.2) is 29.6 Å². The molecular formula is C22H30ClNO2. The average Bonchev–Trinajstić information content (AvgIpc) is 2.87. The van der Waals surface area contributed by atoms with Gasteiger partial charge in [0.15, 0.2) is 0 Å². The van der Waals surface area contributed by atoms with Gasteiger partial charge in [-0.25, -0.2) is 0 Å². The summed E-state index contributed by atoms with van der Waals surface area (Å²) < 4.78 is 6.12. The van der Waals surface area contributed by atoms with Crippen LogP contribution in [0.2, 0.25) is 5.02 Å². The number of ether oxygens (including phenoxy) is 1. The van der Waals surface area contributed by atoms with Crippen LogP contribution in [0, 0.1) is 16.7 Å². The predicted octanol–water partition coefficient (Wildman–Crippen LogP) is 5.23. The summed E-state index contributed by atoms with van der Waals surface area (Å²) in [6.07, 6.45) is 4.47. The molecule has 4 rings (SSSR count). The van der Waals surface area contributed by atoms with Gasteiger partial charge < -0.3 is 4.74 Å². The summed E-state index contributed by atoms with van der Waals surface area (Å²) >= 11 is 6.00. The maximum atomic E-state index is 12.9. The molecule has 1 saturated heterocycles. The molecular weight excluding hydrogens is 346 g/mol. The van der Waals surface area contributed by atoms with Gasteiger partial charge in [-0.15, -0.1) is 0 Å². The summed E-state index contributed by atoms with van der Waals surface area (Å²) in [5.41, 5.74) is 1.59. The summed E-state index contributed by atoms with van der Waals surface area (Å²) in [5.74, 6) is 0.669. The third-order valence-electron chi connectivity index (χ3n) is 8.16. The molecule has 0 amide bonds. The number of halogens is 1. The van der Waals surface area contributed by atoms with Crippen LogP contribution in [0.4, 0.5) is 0 Å². The van der Waals surface area contributed by atoms with Crippen molar-refractivity contribution in [2.45, 2.75) is 71.6 Å². The van der Waals surface area contributed by atoms with Crippen molar-refractivity contribution in [1.29, 1.82) is 0 Å². The number of carbonyl (C=O) groups is 1. The lowest BCUT2D eigenvalue weighted by molar-refractivity contribution is -0.170. The van der Waals surface area contributed by atoms with E-state index in [0.29, 0.717) is 5.92 Å². The van der Waals surface area contributed by atoms with Crippen LogP contribution in [0.3, 0.4) is 0 Å². The van der Waals surface area contributed by atoms with E-state index in [4.69, 9.17) is 16.3 Å². The van der Waals surface area contributed by atoms with Gasteiger partial charge in [0.1, 0.15) is 12.1 Å². The van der Waals surface area contributed by atoms with Crippen molar-refractivity contribution < 1.29 is 9.53 Å². The van der Waals surface area contributed by atoms with E-state index in [1.807, 2.05) is 24.3 Å². The Balaban J connectivity index is 1.42.